The molecule has 1 saturated heterocycles. The summed E-state index contributed by atoms with van der Waals surface area (Å²) in [6.07, 6.45) is 0.968. The molecule has 174 valence electrons. The van der Waals surface area contributed by atoms with Crippen LogP contribution < -0.4 is 5.32 Å². The summed E-state index contributed by atoms with van der Waals surface area (Å²) in [6.45, 7) is 0.429. The van der Waals surface area contributed by atoms with E-state index in [2.05, 4.69) is 5.32 Å². The molecule has 2 N–H and O–H groups in total. The van der Waals surface area contributed by atoms with Gasteiger partial charge < -0.3 is 15.3 Å². The molecule has 0 saturated carbocycles. The number of amides is 2. The Labute approximate surface area is 194 Å². The molecular weight excluding hydrogens is 442 g/mol. The van der Waals surface area contributed by atoms with E-state index < -0.39 is 29.6 Å². The van der Waals surface area contributed by atoms with Crippen molar-refractivity contribution in [2.24, 2.45) is 0 Å². The molecule has 4 rings (SSSR count). The summed E-state index contributed by atoms with van der Waals surface area (Å²) in [4.78, 5) is 37.7. The first-order chi connectivity index (χ1) is 16.3. The third kappa shape index (κ3) is 5.28. The zero-order valence-electron chi connectivity index (χ0n) is 18.1. The maximum Gasteiger partial charge on any atom is 0.326 e. The van der Waals surface area contributed by atoms with Gasteiger partial charge in [0.25, 0.3) is 5.91 Å². The number of carbonyl (C=O) groups is 3. The zero-order valence-corrected chi connectivity index (χ0v) is 18.1. The summed E-state index contributed by atoms with van der Waals surface area (Å²) >= 11 is 0. The molecule has 0 aromatic heterocycles. The van der Waals surface area contributed by atoms with Crippen LogP contribution in [0, 0.1) is 11.6 Å². The standard InChI is InChI=1S/C26H22F2N2O4/c27-20-12-16(13-21(28)15-20)14-24(31)29-22-9-7-18(8-10-22)17-3-5-19(6-4-17)25(32)30-11-1-2-23(30)26(33)34/h3-10,12-13,15,23H,1-2,11,14H2,(H,29,31)(H,33,34)/t23-/m0/s1. The van der Waals surface area contributed by atoms with E-state index >= 15 is 0 Å². The molecule has 0 unspecified atom stereocenters. The lowest BCUT2D eigenvalue weighted by Crippen LogP contribution is -2.40. The first-order valence-electron chi connectivity index (χ1n) is 10.8. The third-order valence-corrected chi connectivity index (χ3v) is 5.72. The molecule has 1 atom stereocenters. The summed E-state index contributed by atoms with van der Waals surface area (Å²) < 4.78 is 26.6. The van der Waals surface area contributed by atoms with Crippen LogP contribution in [0.25, 0.3) is 11.1 Å². The molecule has 34 heavy (non-hydrogen) atoms. The van der Waals surface area contributed by atoms with E-state index in [1.165, 1.54) is 4.90 Å². The van der Waals surface area contributed by atoms with Crippen molar-refractivity contribution in [3.05, 3.63) is 89.5 Å². The summed E-state index contributed by atoms with van der Waals surface area (Å²) in [6, 6.07) is 16.1. The lowest BCUT2D eigenvalue weighted by Gasteiger charge is -2.21. The van der Waals surface area contributed by atoms with Crippen molar-refractivity contribution in [2.45, 2.75) is 25.3 Å². The Morgan fingerprint density at radius 1 is 0.912 bits per heavy atom. The summed E-state index contributed by atoms with van der Waals surface area (Å²) in [7, 11) is 0. The fourth-order valence-corrected chi connectivity index (χ4v) is 4.09. The molecule has 1 aliphatic heterocycles. The minimum atomic E-state index is -0.988. The highest BCUT2D eigenvalue weighted by Gasteiger charge is 2.34. The van der Waals surface area contributed by atoms with Gasteiger partial charge in [0, 0.05) is 23.9 Å². The van der Waals surface area contributed by atoms with Crippen LogP contribution in [0.15, 0.2) is 66.7 Å². The number of halogens is 2. The third-order valence-electron chi connectivity index (χ3n) is 5.72. The first kappa shape index (κ1) is 23.1. The molecule has 0 radical (unpaired) electrons. The number of nitrogens with one attached hydrogen (secondary N) is 1. The predicted octanol–water partition coefficient (Wildman–Crippen LogP) is 4.50. The van der Waals surface area contributed by atoms with Crippen molar-refractivity contribution >= 4 is 23.5 Å². The van der Waals surface area contributed by atoms with E-state index in [1.807, 2.05) is 0 Å². The Morgan fingerprint density at radius 3 is 2.09 bits per heavy atom. The van der Waals surface area contributed by atoms with Gasteiger partial charge >= 0.3 is 5.97 Å². The summed E-state index contributed by atoms with van der Waals surface area (Å²) in [5.41, 5.74) is 2.90. The van der Waals surface area contributed by atoms with Crippen molar-refractivity contribution in [1.29, 1.82) is 0 Å². The highest BCUT2D eigenvalue weighted by molar-refractivity contribution is 5.97. The predicted molar refractivity (Wildman–Crippen MR) is 122 cm³/mol. The number of nitrogens with zero attached hydrogens (tertiary/aromatic N) is 1. The number of carboxylic acids is 1. The molecule has 0 bridgehead atoms. The lowest BCUT2D eigenvalue weighted by molar-refractivity contribution is -0.141. The Hall–Kier alpha value is -4.07. The summed E-state index contributed by atoms with van der Waals surface area (Å²) in [5.74, 6) is -3.16. The van der Waals surface area contributed by atoms with Gasteiger partial charge in [0.15, 0.2) is 0 Å². The normalized spacial score (nSPS) is 15.2. The molecule has 1 heterocycles. The number of likely N-dealkylation sites (tertiary alicyclic amines) is 1. The molecule has 1 aliphatic rings. The van der Waals surface area contributed by atoms with Crippen molar-refractivity contribution < 1.29 is 28.3 Å². The van der Waals surface area contributed by atoms with Crippen molar-refractivity contribution in [1.82, 2.24) is 4.90 Å². The van der Waals surface area contributed by atoms with E-state index in [9.17, 15) is 28.3 Å². The second-order valence-electron chi connectivity index (χ2n) is 8.15. The minimum Gasteiger partial charge on any atom is -0.480 e. The molecule has 6 nitrogen and oxygen atoms in total. The van der Waals surface area contributed by atoms with E-state index in [-0.39, 0.29) is 17.9 Å². The van der Waals surface area contributed by atoms with Gasteiger partial charge in [0.2, 0.25) is 5.91 Å². The zero-order chi connectivity index (χ0) is 24.2. The van der Waals surface area contributed by atoms with Gasteiger partial charge in [0.1, 0.15) is 17.7 Å². The maximum atomic E-state index is 13.3. The number of benzene rings is 3. The fourth-order valence-electron chi connectivity index (χ4n) is 4.09. The number of rotatable bonds is 6. The smallest absolute Gasteiger partial charge is 0.326 e. The topological polar surface area (TPSA) is 86.7 Å². The molecule has 8 heteroatoms. The number of aliphatic carboxylic acids is 1. The van der Waals surface area contributed by atoms with Crippen LogP contribution in [0.1, 0.15) is 28.8 Å². The second-order valence-corrected chi connectivity index (χ2v) is 8.15. The number of anilines is 1. The average Bonchev–Trinajstić information content (AvgIpc) is 3.29. The van der Waals surface area contributed by atoms with Crippen LogP contribution in [0.2, 0.25) is 0 Å². The van der Waals surface area contributed by atoms with Gasteiger partial charge in [-0.3, -0.25) is 9.59 Å². The van der Waals surface area contributed by atoms with Crippen LogP contribution in [0.4, 0.5) is 14.5 Å². The Kier molecular flexibility index (Phi) is 6.67. The number of hydrogen-bond acceptors (Lipinski definition) is 3. The molecule has 1 fully saturated rings. The molecular formula is C26H22F2N2O4. The van der Waals surface area contributed by atoms with Gasteiger partial charge in [-0.05, 0) is 65.9 Å². The Morgan fingerprint density at radius 2 is 1.50 bits per heavy atom. The largest absolute Gasteiger partial charge is 0.480 e. The Bertz CT molecular complexity index is 1210. The number of hydrogen-bond donors (Lipinski definition) is 2. The van der Waals surface area contributed by atoms with Crippen LogP contribution in [-0.4, -0.2) is 40.4 Å². The first-order valence-corrected chi connectivity index (χ1v) is 10.8. The second kappa shape index (κ2) is 9.82. The van der Waals surface area contributed by atoms with Gasteiger partial charge in [-0.25, -0.2) is 13.6 Å². The SMILES string of the molecule is O=C(Cc1cc(F)cc(F)c1)Nc1ccc(-c2ccc(C(=O)N3CCC[C@H]3C(=O)O)cc2)cc1. The molecule has 0 aliphatic carbocycles. The molecule has 3 aromatic rings. The lowest BCUT2D eigenvalue weighted by atomic mass is 10.0. The van der Waals surface area contributed by atoms with Crippen LogP contribution in [-0.2, 0) is 16.0 Å². The van der Waals surface area contributed by atoms with Crippen LogP contribution in [0.3, 0.4) is 0 Å². The summed E-state index contributed by atoms with van der Waals surface area (Å²) in [5, 5.41) is 12.0. The van der Waals surface area contributed by atoms with E-state index in [0.29, 0.717) is 30.6 Å². The maximum absolute atomic E-state index is 13.3. The van der Waals surface area contributed by atoms with Gasteiger partial charge in [-0.2, -0.15) is 0 Å². The highest BCUT2D eigenvalue weighted by Crippen LogP contribution is 2.25. The number of carbonyl (C=O) groups excluding carboxylic acids is 2. The van der Waals surface area contributed by atoms with Crippen LogP contribution >= 0.6 is 0 Å². The van der Waals surface area contributed by atoms with Crippen molar-refractivity contribution in [3.63, 3.8) is 0 Å². The van der Waals surface area contributed by atoms with Gasteiger partial charge in [-0.1, -0.05) is 24.3 Å². The monoisotopic (exact) mass is 464 g/mol. The molecule has 3 aromatic carbocycles. The van der Waals surface area contributed by atoms with Crippen molar-refractivity contribution in [3.8, 4) is 11.1 Å². The number of carboxylic acid groups (broad SMARTS) is 1. The van der Waals surface area contributed by atoms with Gasteiger partial charge in [-0.15, -0.1) is 0 Å². The minimum absolute atomic E-state index is 0.161. The average molecular weight is 464 g/mol. The molecule has 2 amide bonds. The van der Waals surface area contributed by atoms with Crippen LogP contribution in [0.5, 0.6) is 0 Å². The molecule has 0 spiro atoms. The Balaban J connectivity index is 1.39. The fraction of sp³-hybridized carbons (Fsp3) is 0.192. The van der Waals surface area contributed by atoms with E-state index in [1.54, 1.807) is 48.5 Å². The highest BCUT2D eigenvalue weighted by atomic mass is 19.1. The van der Waals surface area contributed by atoms with Gasteiger partial charge in [0.05, 0.1) is 6.42 Å². The van der Waals surface area contributed by atoms with E-state index in [4.69, 9.17) is 0 Å². The van der Waals surface area contributed by atoms with Crippen molar-refractivity contribution in [2.75, 3.05) is 11.9 Å². The quantitative estimate of drug-likeness (QED) is 0.562. The van der Waals surface area contributed by atoms with E-state index in [0.717, 1.165) is 29.3 Å².